The van der Waals surface area contributed by atoms with Crippen LogP contribution in [0.25, 0.3) is 0 Å². The van der Waals surface area contributed by atoms with Gasteiger partial charge in [0.25, 0.3) is 0 Å². The molecule has 13 heavy (non-hydrogen) atoms. The number of aliphatic carboxylic acids is 1. The van der Waals surface area contributed by atoms with E-state index in [1.165, 1.54) is 13.8 Å². The summed E-state index contributed by atoms with van der Waals surface area (Å²) in [6.45, 7) is 3.45. The van der Waals surface area contributed by atoms with E-state index in [-0.39, 0.29) is 12.3 Å². The second kappa shape index (κ2) is 4.81. The molecule has 0 fully saturated rings. The molecule has 0 aromatic rings. The average Bonchev–Trinajstić information content (AvgIpc) is 1.99. The minimum Gasteiger partial charge on any atom is -0.480 e. The quantitative estimate of drug-likeness (QED) is 0.547. The van der Waals surface area contributed by atoms with Crippen molar-refractivity contribution in [3.63, 3.8) is 0 Å². The molecule has 0 heterocycles. The minimum absolute atomic E-state index is 0.262. The first-order chi connectivity index (χ1) is 5.90. The van der Waals surface area contributed by atoms with E-state index in [0.717, 1.165) is 0 Å². The Morgan fingerprint density at radius 3 is 2.31 bits per heavy atom. The van der Waals surface area contributed by atoms with Crippen LogP contribution in [-0.4, -0.2) is 36.1 Å². The smallest absolute Gasteiger partial charge is 0.328 e. The normalized spacial score (nSPS) is 11.0. The largest absolute Gasteiger partial charge is 0.480 e. The van der Waals surface area contributed by atoms with Crippen LogP contribution in [0.4, 0.5) is 0 Å². The van der Waals surface area contributed by atoms with Crippen molar-refractivity contribution < 1.29 is 14.7 Å². The number of rotatable bonds is 5. The molecule has 76 valence electrons. The highest BCUT2D eigenvalue weighted by Gasteiger charge is 2.28. The molecule has 0 atom stereocenters. The third-order valence-electron chi connectivity index (χ3n) is 1.59. The summed E-state index contributed by atoms with van der Waals surface area (Å²) in [7, 11) is 1.73. The Labute approximate surface area is 77.5 Å². The molecule has 5 nitrogen and oxygen atoms in total. The zero-order chi connectivity index (χ0) is 10.5. The fourth-order valence-electron chi connectivity index (χ4n) is 0.703. The predicted molar refractivity (Wildman–Crippen MR) is 48.4 cm³/mol. The van der Waals surface area contributed by atoms with Gasteiger partial charge in [0, 0.05) is 13.0 Å². The Morgan fingerprint density at radius 1 is 1.38 bits per heavy atom. The minimum atomic E-state index is -1.19. The molecule has 0 rings (SSSR count). The van der Waals surface area contributed by atoms with Crippen LogP contribution in [0.2, 0.25) is 0 Å². The molecule has 0 radical (unpaired) electrons. The first-order valence-electron chi connectivity index (χ1n) is 4.09. The predicted octanol–water partition coefficient (Wildman–Crippen LogP) is -0.425. The molecule has 0 aliphatic carbocycles. The molecule has 5 heteroatoms. The van der Waals surface area contributed by atoms with Crippen molar-refractivity contribution in [3.05, 3.63) is 0 Å². The van der Waals surface area contributed by atoms with Gasteiger partial charge in [0.15, 0.2) is 0 Å². The highest BCUT2D eigenvalue weighted by Crippen LogP contribution is 2.01. The fourth-order valence-corrected chi connectivity index (χ4v) is 0.703. The van der Waals surface area contributed by atoms with Crippen LogP contribution in [0.1, 0.15) is 20.3 Å². The molecule has 1 amide bonds. The van der Waals surface area contributed by atoms with Crippen molar-refractivity contribution in [1.29, 1.82) is 0 Å². The van der Waals surface area contributed by atoms with E-state index >= 15 is 0 Å². The molecule has 0 unspecified atom stereocenters. The van der Waals surface area contributed by atoms with E-state index < -0.39 is 11.5 Å². The van der Waals surface area contributed by atoms with Crippen LogP contribution in [-0.2, 0) is 9.59 Å². The van der Waals surface area contributed by atoms with Gasteiger partial charge in [-0.25, -0.2) is 4.79 Å². The molecular formula is C8H16N2O3. The van der Waals surface area contributed by atoms with E-state index in [9.17, 15) is 9.59 Å². The van der Waals surface area contributed by atoms with E-state index in [4.69, 9.17) is 5.11 Å². The van der Waals surface area contributed by atoms with Crippen LogP contribution in [0.15, 0.2) is 0 Å². The average molecular weight is 188 g/mol. The summed E-state index contributed by atoms with van der Waals surface area (Å²) in [5.74, 6) is -1.30. The van der Waals surface area contributed by atoms with Crippen molar-refractivity contribution in [2.24, 2.45) is 0 Å². The lowest BCUT2D eigenvalue weighted by molar-refractivity contribution is -0.146. The molecule has 0 bridgehead atoms. The lowest BCUT2D eigenvalue weighted by Crippen LogP contribution is -2.50. The Morgan fingerprint density at radius 2 is 1.92 bits per heavy atom. The van der Waals surface area contributed by atoms with Crippen LogP contribution in [0.3, 0.4) is 0 Å². The summed E-state index contributed by atoms with van der Waals surface area (Å²) in [5.41, 5.74) is -1.19. The first-order valence-corrected chi connectivity index (χ1v) is 4.09. The van der Waals surface area contributed by atoms with Crippen LogP contribution >= 0.6 is 0 Å². The van der Waals surface area contributed by atoms with E-state index in [0.29, 0.717) is 6.54 Å². The third kappa shape index (κ3) is 4.47. The molecule has 0 saturated heterocycles. The number of carboxylic acid groups (broad SMARTS) is 1. The number of carbonyl (C=O) groups is 2. The Balaban J connectivity index is 3.97. The van der Waals surface area contributed by atoms with E-state index in [1.807, 2.05) is 0 Å². The van der Waals surface area contributed by atoms with Crippen LogP contribution in [0.5, 0.6) is 0 Å². The standard InChI is InChI=1S/C8H16N2O3/c1-8(2,7(12)13)10-6(11)4-5-9-3/h9H,4-5H2,1-3H3,(H,10,11)(H,12,13). The first kappa shape index (κ1) is 11.9. The van der Waals surface area contributed by atoms with Gasteiger partial charge in [0.1, 0.15) is 5.54 Å². The number of nitrogens with one attached hydrogen (secondary N) is 2. The highest BCUT2D eigenvalue weighted by molar-refractivity contribution is 5.86. The van der Waals surface area contributed by atoms with Crippen molar-refractivity contribution >= 4 is 11.9 Å². The van der Waals surface area contributed by atoms with Crippen molar-refractivity contribution in [3.8, 4) is 0 Å². The second-order valence-electron chi connectivity index (χ2n) is 3.33. The van der Waals surface area contributed by atoms with Gasteiger partial charge in [-0.1, -0.05) is 0 Å². The summed E-state index contributed by atoms with van der Waals surface area (Å²) in [6, 6.07) is 0. The van der Waals surface area contributed by atoms with Gasteiger partial charge in [-0.2, -0.15) is 0 Å². The Hall–Kier alpha value is -1.10. The topological polar surface area (TPSA) is 78.4 Å². The maximum atomic E-state index is 11.1. The number of hydrogen-bond donors (Lipinski definition) is 3. The molecule has 3 N–H and O–H groups in total. The molecule has 0 aliphatic rings. The van der Waals surface area contributed by atoms with Gasteiger partial charge >= 0.3 is 5.97 Å². The maximum absolute atomic E-state index is 11.1. The van der Waals surface area contributed by atoms with Gasteiger partial charge in [-0.3, -0.25) is 4.79 Å². The summed E-state index contributed by atoms with van der Waals surface area (Å²) in [4.78, 5) is 21.7. The van der Waals surface area contributed by atoms with Gasteiger partial charge in [0.2, 0.25) is 5.91 Å². The summed E-state index contributed by atoms with van der Waals surface area (Å²) in [6.07, 6.45) is 0.285. The zero-order valence-electron chi connectivity index (χ0n) is 8.18. The van der Waals surface area contributed by atoms with Crippen LogP contribution in [0, 0.1) is 0 Å². The molecule has 0 spiro atoms. The van der Waals surface area contributed by atoms with E-state index in [2.05, 4.69) is 10.6 Å². The van der Waals surface area contributed by atoms with Gasteiger partial charge in [-0.15, -0.1) is 0 Å². The highest BCUT2D eigenvalue weighted by atomic mass is 16.4. The van der Waals surface area contributed by atoms with E-state index in [1.54, 1.807) is 7.05 Å². The molecule has 0 aromatic heterocycles. The monoisotopic (exact) mass is 188 g/mol. The number of carboxylic acids is 1. The summed E-state index contributed by atoms with van der Waals surface area (Å²) in [5, 5.41) is 13.9. The maximum Gasteiger partial charge on any atom is 0.328 e. The van der Waals surface area contributed by atoms with Crippen molar-refractivity contribution in [2.75, 3.05) is 13.6 Å². The van der Waals surface area contributed by atoms with Gasteiger partial charge in [0.05, 0.1) is 0 Å². The third-order valence-corrected chi connectivity index (χ3v) is 1.59. The van der Waals surface area contributed by atoms with Gasteiger partial charge in [-0.05, 0) is 20.9 Å². The fraction of sp³-hybridized carbons (Fsp3) is 0.750. The summed E-state index contributed by atoms with van der Waals surface area (Å²) < 4.78 is 0. The van der Waals surface area contributed by atoms with Crippen molar-refractivity contribution in [1.82, 2.24) is 10.6 Å². The molecule has 0 saturated carbocycles. The van der Waals surface area contributed by atoms with Crippen LogP contribution < -0.4 is 10.6 Å². The number of amides is 1. The lowest BCUT2D eigenvalue weighted by atomic mass is 10.1. The van der Waals surface area contributed by atoms with Crippen molar-refractivity contribution in [2.45, 2.75) is 25.8 Å². The number of hydrogen-bond acceptors (Lipinski definition) is 3. The summed E-state index contributed by atoms with van der Waals surface area (Å²) >= 11 is 0. The number of carbonyl (C=O) groups excluding carboxylic acids is 1. The molecular weight excluding hydrogens is 172 g/mol. The Bertz CT molecular complexity index is 202. The Kier molecular flexibility index (Phi) is 4.40. The second-order valence-corrected chi connectivity index (χ2v) is 3.33. The molecule has 0 aromatic carbocycles. The lowest BCUT2D eigenvalue weighted by Gasteiger charge is -2.20. The molecule has 0 aliphatic heterocycles. The SMILES string of the molecule is CNCCC(=O)NC(C)(C)C(=O)O. The zero-order valence-corrected chi connectivity index (χ0v) is 8.18. The van der Waals surface area contributed by atoms with Gasteiger partial charge < -0.3 is 15.7 Å².